The number of carbonyl (C=O) groups excluding carboxylic acids is 2. The molecule has 1 aliphatic heterocycles. The van der Waals surface area contributed by atoms with Gasteiger partial charge in [-0.05, 0) is 38.1 Å². The van der Waals surface area contributed by atoms with Gasteiger partial charge in [0, 0.05) is 29.7 Å². The van der Waals surface area contributed by atoms with Gasteiger partial charge in [0.1, 0.15) is 5.75 Å². The molecule has 1 N–H and O–H groups in total. The third kappa shape index (κ3) is 3.56. The van der Waals surface area contributed by atoms with Gasteiger partial charge in [0.2, 0.25) is 11.8 Å². The van der Waals surface area contributed by atoms with Crippen LogP contribution in [0.2, 0.25) is 0 Å². The molecular formula is C17H19N3O3S. The van der Waals surface area contributed by atoms with Gasteiger partial charge < -0.3 is 15.0 Å². The van der Waals surface area contributed by atoms with Gasteiger partial charge >= 0.3 is 0 Å². The number of thiazole rings is 1. The molecule has 0 aliphatic carbocycles. The van der Waals surface area contributed by atoms with Gasteiger partial charge in [-0.2, -0.15) is 0 Å². The molecule has 3 rings (SSSR count). The SMILES string of the molecule is CCOc1ccc(N2C[C@@H](C(=O)Nc3ncc(C)s3)CC2=O)cc1. The summed E-state index contributed by atoms with van der Waals surface area (Å²) in [4.78, 5) is 31.4. The first-order valence-electron chi connectivity index (χ1n) is 7.83. The van der Waals surface area contributed by atoms with Gasteiger partial charge in [-0.25, -0.2) is 4.98 Å². The molecule has 7 heteroatoms. The van der Waals surface area contributed by atoms with E-state index >= 15 is 0 Å². The molecule has 1 saturated heterocycles. The summed E-state index contributed by atoms with van der Waals surface area (Å²) in [5.41, 5.74) is 0.781. The number of ether oxygens (including phenoxy) is 1. The Balaban J connectivity index is 1.65. The maximum atomic E-state index is 12.3. The molecule has 1 atom stereocenters. The normalized spacial score (nSPS) is 17.2. The van der Waals surface area contributed by atoms with E-state index in [0.29, 0.717) is 18.3 Å². The van der Waals surface area contributed by atoms with Crippen LogP contribution in [0.4, 0.5) is 10.8 Å². The summed E-state index contributed by atoms with van der Waals surface area (Å²) < 4.78 is 5.40. The zero-order chi connectivity index (χ0) is 17.1. The van der Waals surface area contributed by atoms with Gasteiger partial charge in [-0.3, -0.25) is 9.59 Å². The van der Waals surface area contributed by atoms with Crippen LogP contribution in [0.5, 0.6) is 5.75 Å². The summed E-state index contributed by atoms with van der Waals surface area (Å²) in [6.45, 7) is 4.83. The number of benzene rings is 1. The number of aryl methyl sites for hydroxylation is 1. The number of aromatic nitrogens is 1. The molecule has 126 valence electrons. The smallest absolute Gasteiger partial charge is 0.231 e. The van der Waals surface area contributed by atoms with Crippen LogP contribution in [-0.2, 0) is 9.59 Å². The number of amides is 2. The minimum Gasteiger partial charge on any atom is -0.494 e. The number of anilines is 2. The van der Waals surface area contributed by atoms with E-state index in [4.69, 9.17) is 4.74 Å². The number of nitrogens with zero attached hydrogens (tertiary/aromatic N) is 2. The predicted molar refractivity (Wildman–Crippen MR) is 93.6 cm³/mol. The van der Waals surface area contributed by atoms with Crippen molar-refractivity contribution in [2.75, 3.05) is 23.4 Å². The molecule has 1 aliphatic rings. The van der Waals surface area contributed by atoms with Gasteiger partial charge in [0.15, 0.2) is 5.13 Å². The lowest BCUT2D eigenvalue weighted by atomic mass is 10.1. The highest BCUT2D eigenvalue weighted by Gasteiger charge is 2.35. The molecule has 1 aromatic heterocycles. The summed E-state index contributed by atoms with van der Waals surface area (Å²) in [5, 5.41) is 3.37. The van der Waals surface area contributed by atoms with Gasteiger partial charge in [-0.15, -0.1) is 11.3 Å². The van der Waals surface area contributed by atoms with Gasteiger partial charge in [0.25, 0.3) is 0 Å². The van der Waals surface area contributed by atoms with E-state index in [1.807, 2.05) is 38.1 Å². The van der Waals surface area contributed by atoms with E-state index < -0.39 is 0 Å². The average molecular weight is 345 g/mol. The van der Waals surface area contributed by atoms with E-state index in [1.165, 1.54) is 11.3 Å². The van der Waals surface area contributed by atoms with Gasteiger partial charge in [0.05, 0.1) is 12.5 Å². The van der Waals surface area contributed by atoms with E-state index in [2.05, 4.69) is 10.3 Å². The van der Waals surface area contributed by atoms with Crippen molar-refractivity contribution in [3.8, 4) is 5.75 Å². The van der Waals surface area contributed by atoms with Crippen LogP contribution in [0.25, 0.3) is 0 Å². The van der Waals surface area contributed by atoms with Crippen LogP contribution in [-0.4, -0.2) is 29.9 Å². The highest BCUT2D eigenvalue weighted by atomic mass is 32.1. The predicted octanol–water partition coefficient (Wildman–Crippen LogP) is 2.84. The third-order valence-corrected chi connectivity index (χ3v) is 4.63. The van der Waals surface area contributed by atoms with Crippen molar-refractivity contribution in [2.45, 2.75) is 20.3 Å². The topological polar surface area (TPSA) is 71.5 Å². The highest BCUT2D eigenvalue weighted by Crippen LogP contribution is 2.28. The summed E-state index contributed by atoms with van der Waals surface area (Å²) in [7, 11) is 0. The maximum absolute atomic E-state index is 12.3. The molecule has 1 fully saturated rings. The molecule has 0 saturated carbocycles. The highest BCUT2D eigenvalue weighted by molar-refractivity contribution is 7.15. The molecule has 2 aromatic rings. The molecule has 1 aromatic carbocycles. The zero-order valence-corrected chi connectivity index (χ0v) is 14.4. The van der Waals surface area contributed by atoms with Crippen molar-refractivity contribution >= 4 is 34.0 Å². The lowest BCUT2D eigenvalue weighted by molar-refractivity contribution is -0.122. The van der Waals surface area contributed by atoms with Crippen LogP contribution < -0.4 is 15.0 Å². The fourth-order valence-electron chi connectivity index (χ4n) is 2.64. The molecule has 2 heterocycles. The van der Waals surface area contributed by atoms with Crippen LogP contribution in [0.1, 0.15) is 18.2 Å². The van der Waals surface area contributed by atoms with Crippen molar-refractivity contribution < 1.29 is 14.3 Å². The second-order valence-corrected chi connectivity index (χ2v) is 6.83. The van der Waals surface area contributed by atoms with Crippen LogP contribution in [0.15, 0.2) is 30.5 Å². The second kappa shape index (κ2) is 7.00. The summed E-state index contributed by atoms with van der Waals surface area (Å²) in [5.74, 6) is 0.190. The van der Waals surface area contributed by atoms with Crippen LogP contribution >= 0.6 is 11.3 Å². The maximum Gasteiger partial charge on any atom is 0.231 e. The van der Waals surface area contributed by atoms with Crippen molar-refractivity contribution in [1.82, 2.24) is 4.98 Å². The average Bonchev–Trinajstić information content (AvgIpc) is 3.14. The number of nitrogens with one attached hydrogen (secondary N) is 1. The fraction of sp³-hybridized carbons (Fsp3) is 0.353. The first kappa shape index (κ1) is 16.4. The minimum atomic E-state index is -0.367. The first-order valence-corrected chi connectivity index (χ1v) is 8.65. The third-order valence-electron chi connectivity index (χ3n) is 3.81. The lowest BCUT2D eigenvalue weighted by Crippen LogP contribution is -2.28. The number of rotatable bonds is 5. The molecule has 0 radical (unpaired) electrons. The Bertz CT molecular complexity index is 742. The monoisotopic (exact) mass is 345 g/mol. The molecular weight excluding hydrogens is 326 g/mol. The summed E-state index contributed by atoms with van der Waals surface area (Å²) in [6.07, 6.45) is 1.93. The Morgan fingerprint density at radius 3 is 2.79 bits per heavy atom. The Morgan fingerprint density at radius 2 is 2.17 bits per heavy atom. The van der Waals surface area contributed by atoms with Crippen molar-refractivity contribution in [2.24, 2.45) is 5.92 Å². The lowest BCUT2D eigenvalue weighted by Gasteiger charge is -2.17. The minimum absolute atomic E-state index is 0.0466. The summed E-state index contributed by atoms with van der Waals surface area (Å²) in [6, 6.07) is 7.34. The van der Waals surface area contributed by atoms with E-state index in [9.17, 15) is 9.59 Å². The zero-order valence-electron chi connectivity index (χ0n) is 13.6. The Kier molecular flexibility index (Phi) is 4.80. The number of hydrogen-bond donors (Lipinski definition) is 1. The molecule has 0 spiro atoms. The van der Waals surface area contributed by atoms with E-state index in [1.54, 1.807) is 11.1 Å². The first-order chi connectivity index (χ1) is 11.6. The molecule has 0 bridgehead atoms. The Morgan fingerprint density at radius 1 is 1.42 bits per heavy atom. The molecule has 24 heavy (non-hydrogen) atoms. The number of carbonyl (C=O) groups is 2. The number of hydrogen-bond acceptors (Lipinski definition) is 5. The van der Waals surface area contributed by atoms with Crippen molar-refractivity contribution in [3.63, 3.8) is 0 Å². The Labute approximate surface area is 144 Å². The molecule has 2 amide bonds. The largest absolute Gasteiger partial charge is 0.494 e. The van der Waals surface area contributed by atoms with Crippen molar-refractivity contribution in [1.29, 1.82) is 0 Å². The fourth-order valence-corrected chi connectivity index (χ4v) is 3.31. The Hall–Kier alpha value is -2.41. The van der Waals surface area contributed by atoms with Crippen molar-refractivity contribution in [3.05, 3.63) is 35.3 Å². The molecule has 0 unspecified atom stereocenters. The quantitative estimate of drug-likeness (QED) is 0.904. The van der Waals surface area contributed by atoms with Crippen LogP contribution in [0, 0.1) is 12.8 Å². The second-order valence-electron chi connectivity index (χ2n) is 5.60. The van der Waals surface area contributed by atoms with Gasteiger partial charge in [-0.1, -0.05) is 0 Å². The van der Waals surface area contributed by atoms with E-state index in [0.717, 1.165) is 16.3 Å². The molecule has 6 nitrogen and oxygen atoms in total. The van der Waals surface area contributed by atoms with Crippen LogP contribution in [0.3, 0.4) is 0 Å². The van der Waals surface area contributed by atoms with E-state index in [-0.39, 0.29) is 24.2 Å². The standard InChI is InChI=1S/C17H19N3O3S/c1-3-23-14-6-4-13(5-7-14)20-10-12(8-15(20)21)16(22)19-17-18-9-11(2)24-17/h4-7,9,12H,3,8,10H2,1-2H3,(H,18,19,22)/t12-/m0/s1. The summed E-state index contributed by atoms with van der Waals surface area (Å²) >= 11 is 1.42.